The fraction of sp³-hybridized carbons (Fsp3) is 0.529. The van der Waals surface area contributed by atoms with Gasteiger partial charge in [0.05, 0.1) is 6.54 Å². The largest absolute Gasteiger partial charge is 0.480 e. The van der Waals surface area contributed by atoms with Crippen molar-refractivity contribution in [2.75, 3.05) is 32.4 Å². The van der Waals surface area contributed by atoms with Crippen molar-refractivity contribution in [3.05, 3.63) is 29.8 Å². The zero-order valence-corrected chi connectivity index (χ0v) is 14.5. The number of rotatable bonds is 6. The Kier molecular flexibility index (Phi) is 6.47. The Morgan fingerprint density at radius 1 is 1.26 bits per heavy atom. The van der Waals surface area contributed by atoms with E-state index in [0.29, 0.717) is 13.1 Å². The molecule has 1 fully saturated rings. The Balaban J connectivity index is 1.92. The molecule has 0 saturated carbocycles. The van der Waals surface area contributed by atoms with Gasteiger partial charge >= 0.3 is 5.97 Å². The van der Waals surface area contributed by atoms with Crippen molar-refractivity contribution in [1.82, 2.24) is 9.80 Å². The van der Waals surface area contributed by atoms with E-state index in [0.717, 1.165) is 29.8 Å². The normalized spacial score (nSPS) is 15.9. The number of carboxylic acid groups (broad SMARTS) is 1. The minimum atomic E-state index is -0.792. The topological polar surface area (TPSA) is 60.9 Å². The van der Waals surface area contributed by atoms with E-state index in [4.69, 9.17) is 5.11 Å². The third kappa shape index (κ3) is 4.72. The van der Waals surface area contributed by atoms with Crippen LogP contribution in [0.1, 0.15) is 30.1 Å². The maximum atomic E-state index is 12.5. The summed E-state index contributed by atoms with van der Waals surface area (Å²) in [7, 11) is 0. The van der Waals surface area contributed by atoms with Gasteiger partial charge in [0.2, 0.25) is 0 Å². The number of benzene rings is 1. The van der Waals surface area contributed by atoms with Gasteiger partial charge in [0, 0.05) is 29.6 Å². The number of piperidine rings is 1. The van der Waals surface area contributed by atoms with Gasteiger partial charge in [-0.15, -0.1) is 11.8 Å². The Bertz CT molecular complexity index is 539. The van der Waals surface area contributed by atoms with E-state index < -0.39 is 5.97 Å². The van der Waals surface area contributed by atoms with Crippen LogP contribution in [0.4, 0.5) is 0 Å². The van der Waals surface area contributed by atoms with Crippen LogP contribution in [-0.4, -0.2) is 65.3 Å². The van der Waals surface area contributed by atoms with Gasteiger partial charge in [-0.1, -0.05) is 6.92 Å². The first kappa shape index (κ1) is 17.8. The standard InChI is InChI=1S/C17H24N2O3S/c1-3-18(12-16(20)21)14-8-10-19(11-9-14)17(22)13-4-6-15(23-2)7-5-13/h4-7,14H,3,8-12H2,1-2H3,(H,20,21). The van der Waals surface area contributed by atoms with Crippen LogP contribution in [0, 0.1) is 0 Å². The van der Waals surface area contributed by atoms with Gasteiger partial charge in [-0.2, -0.15) is 0 Å². The number of carboxylic acids is 1. The summed E-state index contributed by atoms with van der Waals surface area (Å²) in [5, 5.41) is 8.97. The average molecular weight is 336 g/mol. The summed E-state index contributed by atoms with van der Waals surface area (Å²) in [5.74, 6) is -0.725. The van der Waals surface area contributed by atoms with Gasteiger partial charge in [0.15, 0.2) is 0 Å². The average Bonchev–Trinajstić information content (AvgIpc) is 2.59. The Morgan fingerprint density at radius 3 is 2.35 bits per heavy atom. The fourth-order valence-corrected chi connectivity index (χ4v) is 3.43. The molecule has 6 heteroatoms. The maximum absolute atomic E-state index is 12.5. The minimum Gasteiger partial charge on any atom is -0.480 e. The van der Waals surface area contributed by atoms with Crippen molar-refractivity contribution in [2.45, 2.75) is 30.7 Å². The molecule has 0 atom stereocenters. The first-order chi connectivity index (χ1) is 11.0. The maximum Gasteiger partial charge on any atom is 0.317 e. The summed E-state index contributed by atoms with van der Waals surface area (Å²) in [6.07, 6.45) is 3.67. The van der Waals surface area contributed by atoms with E-state index in [-0.39, 0.29) is 18.5 Å². The van der Waals surface area contributed by atoms with E-state index in [1.165, 1.54) is 0 Å². The Hall–Kier alpha value is -1.53. The number of amides is 1. The number of nitrogens with zero attached hydrogens (tertiary/aromatic N) is 2. The fourth-order valence-electron chi connectivity index (χ4n) is 3.02. The molecule has 23 heavy (non-hydrogen) atoms. The second-order valence-corrected chi connectivity index (χ2v) is 6.59. The molecule has 0 aliphatic carbocycles. The van der Waals surface area contributed by atoms with Crippen molar-refractivity contribution in [3.63, 3.8) is 0 Å². The molecule has 1 aliphatic heterocycles. The van der Waals surface area contributed by atoms with Gasteiger partial charge in [-0.25, -0.2) is 0 Å². The Labute approximate surface area is 141 Å². The highest BCUT2D eigenvalue weighted by Crippen LogP contribution is 2.20. The number of thioether (sulfide) groups is 1. The van der Waals surface area contributed by atoms with Crippen LogP contribution in [0.2, 0.25) is 0 Å². The lowest BCUT2D eigenvalue weighted by molar-refractivity contribution is -0.139. The molecule has 1 amide bonds. The number of carbonyl (C=O) groups is 2. The molecule has 1 aromatic carbocycles. The van der Waals surface area contributed by atoms with Crippen molar-refractivity contribution in [3.8, 4) is 0 Å². The molecule has 0 bridgehead atoms. The molecule has 1 N–H and O–H groups in total. The SMILES string of the molecule is CCN(CC(=O)O)C1CCN(C(=O)c2ccc(SC)cc2)CC1. The van der Waals surface area contributed by atoms with Crippen LogP contribution >= 0.6 is 11.8 Å². The summed E-state index contributed by atoms with van der Waals surface area (Å²) in [5.41, 5.74) is 0.721. The second-order valence-electron chi connectivity index (χ2n) is 5.71. The number of hydrogen-bond acceptors (Lipinski definition) is 4. The summed E-state index contributed by atoms with van der Waals surface area (Å²) >= 11 is 1.66. The minimum absolute atomic E-state index is 0.0670. The predicted molar refractivity (Wildman–Crippen MR) is 92.0 cm³/mol. The van der Waals surface area contributed by atoms with E-state index in [2.05, 4.69) is 0 Å². The molecule has 1 aromatic rings. The summed E-state index contributed by atoms with van der Waals surface area (Å²) < 4.78 is 0. The quantitative estimate of drug-likeness (QED) is 0.809. The molecular weight excluding hydrogens is 312 g/mol. The number of aliphatic carboxylic acids is 1. The molecule has 0 spiro atoms. The number of hydrogen-bond donors (Lipinski definition) is 1. The van der Waals surface area contributed by atoms with Crippen molar-refractivity contribution < 1.29 is 14.7 Å². The van der Waals surface area contributed by atoms with Crippen LogP contribution < -0.4 is 0 Å². The molecule has 5 nitrogen and oxygen atoms in total. The molecule has 1 heterocycles. The van der Waals surface area contributed by atoms with Crippen LogP contribution in [0.15, 0.2) is 29.2 Å². The molecule has 1 aliphatic rings. The summed E-state index contributed by atoms with van der Waals surface area (Å²) in [6.45, 7) is 4.15. The third-order valence-electron chi connectivity index (χ3n) is 4.35. The van der Waals surface area contributed by atoms with Crippen LogP contribution in [0.3, 0.4) is 0 Å². The zero-order chi connectivity index (χ0) is 16.8. The lowest BCUT2D eigenvalue weighted by atomic mass is 10.0. The van der Waals surface area contributed by atoms with Crippen LogP contribution in [0.25, 0.3) is 0 Å². The van der Waals surface area contributed by atoms with Gasteiger partial charge < -0.3 is 10.0 Å². The summed E-state index contributed by atoms with van der Waals surface area (Å²) in [4.78, 5) is 28.5. The third-order valence-corrected chi connectivity index (χ3v) is 5.09. The number of carbonyl (C=O) groups excluding carboxylic acids is 1. The number of likely N-dealkylation sites (tertiary alicyclic amines) is 1. The predicted octanol–water partition coefficient (Wildman–Crippen LogP) is 2.42. The number of likely N-dealkylation sites (N-methyl/N-ethyl adjacent to an activating group) is 1. The molecule has 2 rings (SSSR count). The lowest BCUT2D eigenvalue weighted by Crippen LogP contribution is -2.48. The first-order valence-electron chi connectivity index (χ1n) is 7.94. The molecule has 0 unspecified atom stereocenters. The molecule has 1 saturated heterocycles. The molecule has 0 aromatic heterocycles. The van der Waals surface area contributed by atoms with E-state index in [9.17, 15) is 9.59 Å². The second kappa shape index (κ2) is 8.36. The Morgan fingerprint density at radius 2 is 1.87 bits per heavy atom. The van der Waals surface area contributed by atoms with Crippen molar-refractivity contribution in [2.24, 2.45) is 0 Å². The van der Waals surface area contributed by atoms with Gasteiger partial charge in [0.1, 0.15) is 0 Å². The monoisotopic (exact) mass is 336 g/mol. The van der Waals surface area contributed by atoms with Crippen LogP contribution in [0.5, 0.6) is 0 Å². The van der Waals surface area contributed by atoms with Crippen LogP contribution in [-0.2, 0) is 4.79 Å². The first-order valence-corrected chi connectivity index (χ1v) is 9.16. The highest BCUT2D eigenvalue weighted by atomic mass is 32.2. The zero-order valence-electron chi connectivity index (χ0n) is 13.7. The van der Waals surface area contributed by atoms with Gasteiger partial charge in [-0.3, -0.25) is 14.5 Å². The highest BCUT2D eigenvalue weighted by molar-refractivity contribution is 7.98. The van der Waals surface area contributed by atoms with Gasteiger partial charge in [0.25, 0.3) is 5.91 Å². The van der Waals surface area contributed by atoms with E-state index in [1.807, 2.05) is 47.2 Å². The molecule has 0 radical (unpaired) electrons. The highest BCUT2D eigenvalue weighted by Gasteiger charge is 2.27. The van der Waals surface area contributed by atoms with Crippen molar-refractivity contribution in [1.29, 1.82) is 0 Å². The lowest BCUT2D eigenvalue weighted by Gasteiger charge is -2.37. The van der Waals surface area contributed by atoms with E-state index >= 15 is 0 Å². The van der Waals surface area contributed by atoms with Gasteiger partial charge in [-0.05, 0) is 49.9 Å². The molecule has 126 valence electrons. The van der Waals surface area contributed by atoms with E-state index in [1.54, 1.807) is 11.8 Å². The summed E-state index contributed by atoms with van der Waals surface area (Å²) in [6, 6.07) is 7.94. The van der Waals surface area contributed by atoms with Crippen molar-refractivity contribution >= 4 is 23.6 Å². The molecular formula is C17H24N2O3S. The smallest absolute Gasteiger partial charge is 0.317 e.